The standard InChI is InChI=1S/C26H30N2O4S/c1-4-23(25(30)28-22-14-16(2)12-13-17(22)3)33-19-9-7-8-18(15-19)27-24(29)20-10-5-6-11-21(20)26(31)32/h5-9,12-15,20-21,23H,4,10-11H2,1-3H3,(H,27,29)(H,28,30)(H,31,32). The molecule has 3 atom stereocenters. The van der Waals surface area contributed by atoms with E-state index in [1.807, 2.05) is 69.3 Å². The average Bonchev–Trinajstić information content (AvgIpc) is 2.80. The Morgan fingerprint density at radius 1 is 1.03 bits per heavy atom. The molecule has 3 rings (SSSR count). The number of rotatable bonds is 8. The van der Waals surface area contributed by atoms with E-state index in [4.69, 9.17) is 0 Å². The third-order valence-corrected chi connectivity index (χ3v) is 7.14. The molecule has 0 bridgehead atoms. The van der Waals surface area contributed by atoms with Crippen LogP contribution in [0, 0.1) is 25.7 Å². The molecule has 2 amide bonds. The summed E-state index contributed by atoms with van der Waals surface area (Å²) in [6.45, 7) is 5.92. The lowest BCUT2D eigenvalue weighted by atomic mass is 9.82. The summed E-state index contributed by atoms with van der Waals surface area (Å²) in [6, 6.07) is 13.3. The van der Waals surface area contributed by atoms with E-state index in [1.165, 1.54) is 11.8 Å². The third kappa shape index (κ3) is 6.48. The molecule has 1 aliphatic carbocycles. The van der Waals surface area contributed by atoms with Gasteiger partial charge in [0, 0.05) is 16.3 Å². The lowest BCUT2D eigenvalue weighted by Gasteiger charge is -2.24. The van der Waals surface area contributed by atoms with Gasteiger partial charge in [-0.15, -0.1) is 11.8 Å². The van der Waals surface area contributed by atoms with Crippen molar-refractivity contribution >= 4 is 40.9 Å². The Bertz CT molecular complexity index is 1070. The van der Waals surface area contributed by atoms with Crippen molar-refractivity contribution in [2.45, 2.75) is 50.2 Å². The minimum Gasteiger partial charge on any atom is -0.481 e. The van der Waals surface area contributed by atoms with Crippen molar-refractivity contribution in [2.24, 2.45) is 11.8 Å². The number of thioether (sulfide) groups is 1. The number of hydrogen-bond acceptors (Lipinski definition) is 4. The lowest BCUT2D eigenvalue weighted by Crippen LogP contribution is -2.34. The number of amides is 2. The van der Waals surface area contributed by atoms with Gasteiger partial charge in [0.2, 0.25) is 11.8 Å². The van der Waals surface area contributed by atoms with Crippen LogP contribution in [0.3, 0.4) is 0 Å². The van der Waals surface area contributed by atoms with Gasteiger partial charge in [-0.3, -0.25) is 14.4 Å². The molecule has 0 saturated carbocycles. The van der Waals surface area contributed by atoms with Gasteiger partial charge in [-0.25, -0.2) is 0 Å². The number of carbonyl (C=O) groups is 3. The molecule has 2 aromatic carbocycles. The first kappa shape index (κ1) is 24.6. The van der Waals surface area contributed by atoms with Gasteiger partial charge >= 0.3 is 5.97 Å². The van der Waals surface area contributed by atoms with Crippen molar-refractivity contribution in [1.29, 1.82) is 0 Å². The second-order valence-corrected chi connectivity index (χ2v) is 9.61. The van der Waals surface area contributed by atoms with Crippen molar-refractivity contribution in [3.8, 4) is 0 Å². The minimum atomic E-state index is -0.954. The SMILES string of the molecule is CCC(Sc1cccc(NC(=O)C2CC=CCC2C(=O)O)c1)C(=O)Nc1cc(C)ccc1C. The molecule has 7 heteroatoms. The molecule has 2 aromatic rings. The smallest absolute Gasteiger partial charge is 0.307 e. The monoisotopic (exact) mass is 466 g/mol. The molecule has 6 nitrogen and oxygen atoms in total. The summed E-state index contributed by atoms with van der Waals surface area (Å²) in [5.74, 6) is -2.64. The number of carboxylic acid groups (broad SMARTS) is 1. The quantitative estimate of drug-likeness (QED) is 0.357. The van der Waals surface area contributed by atoms with Gasteiger partial charge < -0.3 is 15.7 Å². The van der Waals surface area contributed by atoms with Crippen molar-refractivity contribution in [2.75, 3.05) is 10.6 Å². The van der Waals surface area contributed by atoms with Crippen LogP contribution in [0.2, 0.25) is 0 Å². The predicted molar refractivity (Wildman–Crippen MR) is 133 cm³/mol. The van der Waals surface area contributed by atoms with Gasteiger partial charge in [0.25, 0.3) is 0 Å². The Hall–Kier alpha value is -3.06. The molecule has 3 N–H and O–H groups in total. The number of nitrogens with one attached hydrogen (secondary N) is 2. The van der Waals surface area contributed by atoms with E-state index >= 15 is 0 Å². The van der Waals surface area contributed by atoms with Crippen molar-refractivity contribution in [3.05, 3.63) is 65.7 Å². The second kappa shape index (κ2) is 11.2. The molecule has 3 unspecified atom stereocenters. The van der Waals surface area contributed by atoms with Crippen LogP contribution < -0.4 is 10.6 Å². The van der Waals surface area contributed by atoms with Gasteiger partial charge in [0.05, 0.1) is 17.1 Å². The molecular formula is C26H30N2O4S. The van der Waals surface area contributed by atoms with E-state index in [9.17, 15) is 19.5 Å². The van der Waals surface area contributed by atoms with Gasteiger partial charge in [-0.05, 0) is 68.5 Å². The number of allylic oxidation sites excluding steroid dienone is 2. The van der Waals surface area contributed by atoms with Crippen LogP contribution in [0.4, 0.5) is 11.4 Å². The number of aliphatic carboxylic acids is 1. The Balaban J connectivity index is 1.67. The van der Waals surface area contributed by atoms with E-state index in [2.05, 4.69) is 10.6 Å². The zero-order chi connectivity index (χ0) is 24.0. The number of benzene rings is 2. The maximum absolute atomic E-state index is 12.9. The number of anilines is 2. The molecule has 0 spiro atoms. The number of carboxylic acids is 1. The summed E-state index contributed by atoms with van der Waals surface area (Å²) in [7, 11) is 0. The topological polar surface area (TPSA) is 95.5 Å². The highest BCUT2D eigenvalue weighted by atomic mass is 32.2. The summed E-state index contributed by atoms with van der Waals surface area (Å²) in [4.78, 5) is 38.0. The fraction of sp³-hybridized carbons (Fsp3) is 0.346. The van der Waals surface area contributed by atoms with Crippen molar-refractivity contribution in [3.63, 3.8) is 0 Å². The van der Waals surface area contributed by atoms with E-state index in [1.54, 1.807) is 6.07 Å². The second-order valence-electron chi connectivity index (χ2n) is 8.33. The van der Waals surface area contributed by atoms with Crippen LogP contribution in [-0.4, -0.2) is 28.1 Å². The number of carbonyl (C=O) groups excluding carboxylic acids is 2. The predicted octanol–water partition coefficient (Wildman–Crippen LogP) is 5.42. The molecule has 0 fully saturated rings. The maximum Gasteiger partial charge on any atom is 0.307 e. The first-order chi connectivity index (χ1) is 15.8. The van der Waals surface area contributed by atoms with Crippen LogP contribution in [0.25, 0.3) is 0 Å². The molecular weight excluding hydrogens is 436 g/mol. The highest BCUT2D eigenvalue weighted by Crippen LogP contribution is 2.31. The molecule has 1 aliphatic rings. The van der Waals surface area contributed by atoms with E-state index < -0.39 is 17.8 Å². The molecule has 0 saturated heterocycles. The molecule has 0 radical (unpaired) electrons. The highest BCUT2D eigenvalue weighted by molar-refractivity contribution is 8.00. The van der Waals surface area contributed by atoms with Crippen molar-refractivity contribution < 1.29 is 19.5 Å². The largest absolute Gasteiger partial charge is 0.481 e. The van der Waals surface area contributed by atoms with Crippen LogP contribution in [0.1, 0.15) is 37.3 Å². The number of hydrogen-bond donors (Lipinski definition) is 3. The molecule has 174 valence electrons. The summed E-state index contributed by atoms with van der Waals surface area (Å²) < 4.78 is 0. The lowest BCUT2D eigenvalue weighted by molar-refractivity contribution is -0.146. The fourth-order valence-corrected chi connectivity index (χ4v) is 4.84. The minimum absolute atomic E-state index is 0.0658. The normalized spacial score (nSPS) is 18.4. The summed E-state index contributed by atoms with van der Waals surface area (Å²) in [5, 5.41) is 15.0. The zero-order valence-corrected chi connectivity index (χ0v) is 19.9. The van der Waals surface area contributed by atoms with Gasteiger partial charge in [0.15, 0.2) is 0 Å². The molecule has 0 aliphatic heterocycles. The fourth-order valence-electron chi connectivity index (χ4n) is 3.83. The van der Waals surface area contributed by atoms with E-state index in [0.29, 0.717) is 24.9 Å². The Kier molecular flexibility index (Phi) is 8.33. The Morgan fingerprint density at radius 2 is 1.76 bits per heavy atom. The number of aryl methyl sites for hydroxylation is 2. The van der Waals surface area contributed by atoms with Crippen molar-refractivity contribution in [1.82, 2.24) is 0 Å². The summed E-state index contributed by atoms with van der Waals surface area (Å²) >= 11 is 1.44. The van der Waals surface area contributed by atoms with E-state index in [-0.39, 0.29) is 17.1 Å². The van der Waals surface area contributed by atoms with Gasteiger partial charge in [0.1, 0.15) is 0 Å². The Labute approximate surface area is 198 Å². The maximum atomic E-state index is 12.9. The first-order valence-electron chi connectivity index (χ1n) is 11.1. The van der Waals surface area contributed by atoms with Crippen LogP contribution >= 0.6 is 11.8 Å². The molecule has 33 heavy (non-hydrogen) atoms. The van der Waals surface area contributed by atoms with Gasteiger partial charge in [-0.2, -0.15) is 0 Å². The third-order valence-electron chi connectivity index (χ3n) is 5.78. The van der Waals surface area contributed by atoms with Crippen LogP contribution in [-0.2, 0) is 14.4 Å². The Morgan fingerprint density at radius 3 is 2.45 bits per heavy atom. The average molecular weight is 467 g/mol. The van der Waals surface area contributed by atoms with Crippen LogP contribution in [0.5, 0.6) is 0 Å². The summed E-state index contributed by atoms with van der Waals surface area (Å²) in [5.41, 5.74) is 3.50. The molecule has 0 heterocycles. The van der Waals surface area contributed by atoms with Crippen LogP contribution in [0.15, 0.2) is 59.5 Å². The summed E-state index contributed by atoms with van der Waals surface area (Å²) in [6.07, 6.45) is 5.09. The van der Waals surface area contributed by atoms with E-state index in [0.717, 1.165) is 21.7 Å². The van der Waals surface area contributed by atoms with Gasteiger partial charge in [-0.1, -0.05) is 37.3 Å². The highest BCUT2D eigenvalue weighted by Gasteiger charge is 2.34. The first-order valence-corrected chi connectivity index (χ1v) is 12.0. The zero-order valence-electron chi connectivity index (χ0n) is 19.1. The molecule has 0 aromatic heterocycles.